The Morgan fingerprint density at radius 3 is 2.94 bits per heavy atom. The highest BCUT2D eigenvalue weighted by atomic mass is 16.3. The lowest BCUT2D eigenvalue weighted by Crippen LogP contribution is -2.22. The second-order valence-electron chi connectivity index (χ2n) is 4.44. The van der Waals surface area contributed by atoms with E-state index in [-0.39, 0.29) is 25.0 Å². The highest BCUT2D eigenvalue weighted by Gasteiger charge is 2.13. The third-order valence-electron chi connectivity index (χ3n) is 2.67. The molecule has 1 unspecified atom stereocenters. The zero-order valence-corrected chi connectivity index (χ0v) is 10.8. The molecule has 0 aliphatic rings. The highest BCUT2D eigenvalue weighted by Crippen LogP contribution is 2.10. The van der Waals surface area contributed by atoms with E-state index in [0.29, 0.717) is 5.82 Å². The average molecular weight is 255 g/mol. The van der Waals surface area contributed by atoms with E-state index < -0.39 is 6.10 Å². The zero-order valence-electron chi connectivity index (χ0n) is 10.8. The van der Waals surface area contributed by atoms with Crippen LogP contribution in [0.5, 0.6) is 0 Å². The first kappa shape index (κ1) is 14.7. The van der Waals surface area contributed by atoms with Gasteiger partial charge in [0.2, 0.25) is 5.91 Å². The molecule has 1 amide bonds. The number of rotatable bonds is 7. The van der Waals surface area contributed by atoms with Crippen LogP contribution in [0.15, 0.2) is 12.3 Å². The van der Waals surface area contributed by atoms with Gasteiger partial charge in [-0.2, -0.15) is 5.10 Å². The molecule has 0 fully saturated rings. The second kappa shape index (κ2) is 7.13. The summed E-state index contributed by atoms with van der Waals surface area (Å²) < 4.78 is 1.49. The number of aliphatic hydroxyl groups is 2. The van der Waals surface area contributed by atoms with Crippen LogP contribution in [-0.4, -0.2) is 38.6 Å². The van der Waals surface area contributed by atoms with Crippen LogP contribution in [0.25, 0.3) is 0 Å². The lowest BCUT2D eigenvalue weighted by molar-refractivity contribution is -0.119. The van der Waals surface area contributed by atoms with E-state index in [1.54, 1.807) is 12.3 Å². The summed E-state index contributed by atoms with van der Waals surface area (Å²) in [6.07, 6.45) is 2.62. The molecule has 6 nitrogen and oxygen atoms in total. The first-order valence-electron chi connectivity index (χ1n) is 6.20. The van der Waals surface area contributed by atoms with Crippen molar-refractivity contribution >= 4 is 11.7 Å². The number of carbonyl (C=O) groups excluding carboxylic acids is 1. The van der Waals surface area contributed by atoms with Crippen molar-refractivity contribution in [3.63, 3.8) is 0 Å². The fourth-order valence-electron chi connectivity index (χ4n) is 1.62. The van der Waals surface area contributed by atoms with Crippen molar-refractivity contribution in [2.45, 2.75) is 39.3 Å². The van der Waals surface area contributed by atoms with Crippen LogP contribution in [0.1, 0.15) is 26.7 Å². The van der Waals surface area contributed by atoms with Gasteiger partial charge in [0.1, 0.15) is 0 Å². The summed E-state index contributed by atoms with van der Waals surface area (Å²) in [5.41, 5.74) is 0. The van der Waals surface area contributed by atoms with Gasteiger partial charge in [-0.05, 0) is 6.42 Å². The maximum Gasteiger partial charge on any atom is 0.228 e. The number of amides is 1. The second-order valence-corrected chi connectivity index (χ2v) is 4.44. The van der Waals surface area contributed by atoms with Gasteiger partial charge in [0.15, 0.2) is 5.82 Å². The molecule has 0 saturated carbocycles. The summed E-state index contributed by atoms with van der Waals surface area (Å²) in [6, 6.07) is 1.67. The molecule has 0 aliphatic heterocycles. The molecular formula is C12H21N3O3. The van der Waals surface area contributed by atoms with Crippen molar-refractivity contribution in [3.05, 3.63) is 12.3 Å². The van der Waals surface area contributed by atoms with Crippen LogP contribution in [0.3, 0.4) is 0 Å². The van der Waals surface area contributed by atoms with Gasteiger partial charge in [-0.25, -0.2) is 0 Å². The first-order valence-corrected chi connectivity index (χ1v) is 6.20. The molecule has 1 aromatic heterocycles. The van der Waals surface area contributed by atoms with Crippen molar-refractivity contribution in [2.75, 3.05) is 11.9 Å². The Kier molecular flexibility index (Phi) is 5.80. The quantitative estimate of drug-likeness (QED) is 0.666. The van der Waals surface area contributed by atoms with Gasteiger partial charge < -0.3 is 15.5 Å². The molecule has 0 bridgehead atoms. The van der Waals surface area contributed by atoms with Crippen LogP contribution in [0, 0.1) is 5.92 Å². The molecule has 1 rings (SSSR count). The summed E-state index contributed by atoms with van der Waals surface area (Å²) in [5.74, 6) is 0.376. The van der Waals surface area contributed by atoms with E-state index in [2.05, 4.69) is 10.4 Å². The van der Waals surface area contributed by atoms with E-state index in [4.69, 9.17) is 5.11 Å². The van der Waals surface area contributed by atoms with Crippen molar-refractivity contribution in [2.24, 2.45) is 5.92 Å². The third kappa shape index (κ3) is 4.46. The predicted octanol–water partition coefficient (Wildman–Crippen LogP) is 0.611. The molecule has 1 heterocycles. The molecule has 0 radical (unpaired) electrons. The van der Waals surface area contributed by atoms with Gasteiger partial charge in [0.05, 0.1) is 19.3 Å². The average Bonchev–Trinajstić information content (AvgIpc) is 2.76. The van der Waals surface area contributed by atoms with Crippen LogP contribution >= 0.6 is 0 Å². The van der Waals surface area contributed by atoms with E-state index in [9.17, 15) is 9.90 Å². The van der Waals surface area contributed by atoms with Crippen molar-refractivity contribution in [1.29, 1.82) is 0 Å². The maximum absolute atomic E-state index is 11.7. The SMILES string of the molecule is CCCC(C)C(=O)Nc1ccn(C[C@@H](O)CO)n1. The molecule has 3 N–H and O–H groups in total. The summed E-state index contributed by atoms with van der Waals surface area (Å²) >= 11 is 0. The number of aliphatic hydroxyl groups excluding tert-OH is 2. The molecular weight excluding hydrogens is 234 g/mol. The van der Waals surface area contributed by atoms with Crippen LogP contribution in [-0.2, 0) is 11.3 Å². The first-order chi connectivity index (χ1) is 8.56. The fraction of sp³-hybridized carbons (Fsp3) is 0.667. The standard InChI is InChI=1S/C12H21N3O3/c1-3-4-9(2)12(18)13-11-5-6-15(14-11)7-10(17)8-16/h5-6,9-10,16-17H,3-4,7-8H2,1-2H3,(H,13,14,18)/t9?,10-/m1/s1. The van der Waals surface area contributed by atoms with Crippen LogP contribution in [0.4, 0.5) is 5.82 Å². The van der Waals surface area contributed by atoms with Gasteiger partial charge in [0, 0.05) is 18.2 Å². The topological polar surface area (TPSA) is 87.4 Å². The minimum absolute atomic E-state index is 0.0387. The molecule has 18 heavy (non-hydrogen) atoms. The lowest BCUT2D eigenvalue weighted by atomic mass is 10.1. The Hall–Kier alpha value is -1.40. The molecule has 0 aliphatic carbocycles. The molecule has 0 spiro atoms. The monoisotopic (exact) mass is 255 g/mol. The Morgan fingerprint density at radius 2 is 2.33 bits per heavy atom. The number of nitrogens with zero attached hydrogens (tertiary/aromatic N) is 2. The van der Waals surface area contributed by atoms with Crippen molar-refractivity contribution < 1.29 is 15.0 Å². The van der Waals surface area contributed by atoms with Crippen LogP contribution in [0.2, 0.25) is 0 Å². The Morgan fingerprint density at radius 1 is 1.61 bits per heavy atom. The Bertz CT molecular complexity index is 378. The number of hydrogen-bond acceptors (Lipinski definition) is 4. The van der Waals surface area contributed by atoms with Gasteiger partial charge in [-0.1, -0.05) is 20.3 Å². The number of nitrogens with one attached hydrogen (secondary N) is 1. The van der Waals surface area contributed by atoms with E-state index in [0.717, 1.165) is 12.8 Å². The lowest BCUT2D eigenvalue weighted by Gasteiger charge is -2.09. The maximum atomic E-state index is 11.7. The van der Waals surface area contributed by atoms with Crippen molar-refractivity contribution in [1.82, 2.24) is 9.78 Å². The Labute approximate surface area is 107 Å². The normalized spacial score (nSPS) is 14.2. The van der Waals surface area contributed by atoms with Crippen LogP contribution < -0.4 is 5.32 Å². The molecule has 102 valence electrons. The largest absolute Gasteiger partial charge is 0.394 e. The molecule has 0 saturated heterocycles. The fourth-order valence-corrected chi connectivity index (χ4v) is 1.62. The molecule has 0 aromatic carbocycles. The summed E-state index contributed by atoms with van der Waals surface area (Å²) in [4.78, 5) is 11.7. The van der Waals surface area contributed by atoms with Gasteiger partial charge in [-0.15, -0.1) is 0 Å². The predicted molar refractivity (Wildman–Crippen MR) is 68.0 cm³/mol. The zero-order chi connectivity index (χ0) is 13.5. The van der Waals surface area contributed by atoms with Gasteiger partial charge in [0.25, 0.3) is 0 Å². The third-order valence-corrected chi connectivity index (χ3v) is 2.67. The van der Waals surface area contributed by atoms with Crippen molar-refractivity contribution in [3.8, 4) is 0 Å². The number of aromatic nitrogens is 2. The minimum Gasteiger partial charge on any atom is -0.394 e. The number of hydrogen-bond donors (Lipinski definition) is 3. The molecule has 6 heteroatoms. The summed E-state index contributed by atoms with van der Waals surface area (Å²) in [5, 5.41) is 24.8. The minimum atomic E-state index is -0.840. The summed E-state index contributed by atoms with van der Waals surface area (Å²) in [7, 11) is 0. The summed E-state index contributed by atoms with van der Waals surface area (Å²) in [6.45, 7) is 3.81. The van der Waals surface area contributed by atoms with E-state index in [1.807, 2.05) is 13.8 Å². The molecule has 1 aromatic rings. The Balaban J connectivity index is 2.50. The highest BCUT2D eigenvalue weighted by molar-refractivity contribution is 5.91. The number of carbonyl (C=O) groups is 1. The van der Waals surface area contributed by atoms with E-state index in [1.165, 1.54) is 4.68 Å². The molecule has 2 atom stereocenters. The smallest absolute Gasteiger partial charge is 0.228 e. The van der Waals surface area contributed by atoms with Gasteiger partial charge >= 0.3 is 0 Å². The number of anilines is 1. The van der Waals surface area contributed by atoms with Gasteiger partial charge in [-0.3, -0.25) is 9.48 Å². The van der Waals surface area contributed by atoms with E-state index >= 15 is 0 Å².